The molecule has 2 aromatic carbocycles. The van der Waals surface area contributed by atoms with E-state index in [1.807, 2.05) is 12.1 Å². The molecule has 42 heavy (non-hydrogen) atoms. The Bertz CT molecular complexity index is 1610. The summed E-state index contributed by atoms with van der Waals surface area (Å²) in [5, 5.41) is 22.4. The number of aromatic carboxylic acids is 1. The van der Waals surface area contributed by atoms with Crippen molar-refractivity contribution in [1.29, 1.82) is 0 Å². The Balaban J connectivity index is 1.49. The lowest BCUT2D eigenvalue weighted by atomic mass is 9.89. The average molecular weight is 614 g/mol. The molecule has 2 fully saturated rings. The minimum atomic E-state index is -1.17. The first kappa shape index (κ1) is 28.9. The zero-order valence-electron chi connectivity index (χ0n) is 23.0. The number of nitrogens with zero attached hydrogens (tertiary/aromatic N) is 3. The van der Waals surface area contributed by atoms with Crippen LogP contribution in [-0.4, -0.2) is 46.2 Å². The van der Waals surface area contributed by atoms with Gasteiger partial charge in [-0.1, -0.05) is 6.07 Å². The number of ether oxygens (including phenoxy) is 1. The van der Waals surface area contributed by atoms with Crippen LogP contribution in [-0.2, 0) is 33.1 Å². The minimum Gasteiger partial charge on any atom is -0.476 e. The molecule has 1 aliphatic carbocycles. The van der Waals surface area contributed by atoms with Gasteiger partial charge in [0.2, 0.25) is 10.0 Å². The highest BCUT2D eigenvalue weighted by molar-refractivity contribution is 7.90. The van der Waals surface area contributed by atoms with Crippen LogP contribution in [0, 0.1) is 17.6 Å². The average Bonchev–Trinajstić information content (AvgIpc) is 3.55. The van der Waals surface area contributed by atoms with Crippen LogP contribution >= 0.6 is 11.3 Å². The van der Waals surface area contributed by atoms with Crippen LogP contribution in [0.2, 0.25) is 0 Å². The minimum absolute atomic E-state index is 0.0414. The van der Waals surface area contributed by atoms with Gasteiger partial charge < -0.3 is 9.84 Å². The zero-order valence-corrected chi connectivity index (χ0v) is 24.6. The molecule has 0 bridgehead atoms. The highest BCUT2D eigenvalue weighted by atomic mass is 32.2. The van der Waals surface area contributed by atoms with E-state index < -0.39 is 23.1 Å². The molecular weight excluding hydrogens is 582 g/mol. The molecule has 0 spiro atoms. The van der Waals surface area contributed by atoms with Gasteiger partial charge in [0.1, 0.15) is 5.82 Å². The number of hydrogen-bond donors (Lipinski definition) is 2. The second-order valence-electron chi connectivity index (χ2n) is 10.7. The number of carboxylic acid groups (broad SMARTS) is 1. The van der Waals surface area contributed by atoms with Crippen LogP contribution in [0.15, 0.2) is 46.7 Å². The normalized spacial score (nSPS) is 16.6. The molecule has 2 aromatic heterocycles. The van der Waals surface area contributed by atoms with E-state index >= 15 is 8.78 Å². The molecule has 1 aliphatic heterocycles. The van der Waals surface area contributed by atoms with E-state index in [0.29, 0.717) is 46.8 Å². The second-order valence-corrected chi connectivity index (χ2v) is 12.9. The predicted molar refractivity (Wildman–Crippen MR) is 157 cm³/mol. The molecule has 1 unspecified atom stereocenters. The first-order valence-corrected chi connectivity index (χ1v) is 15.9. The summed E-state index contributed by atoms with van der Waals surface area (Å²) in [6.07, 6.45) is 4.72. The van der Waals surface area contributed by atoms with Gasteiger partial charge in [-0.2, -0.15) is 9.28 Å². The van der Waals surface area contributed by atoms with E-state index in [2.05, 4.69) is 4.98 Å². The zero-order chi connectivity index (χ0) is 29.4. The van der Waals surface area contributed by atoms with Gasteiger partial charge in [-0.3, -0.25) is 0 Å². The monoisotopic (exact) mass is 613 g/mol. The molecule has 220 valence electrons. The third-order valence-electron chi connectivity index (χ3n) is 7.87. The first-order chi connectivity index (χ1) is 20.3. The van der Waals surface area contributed by atoms with Crippen molar-refractivity contribution in [1.82, 2.24) is 14.8 Å². The molecule has 1 saturated heterocycles. The number of nitrogens with two attached hydrogens (primary N) is 1. The molecule has 12 heteroatoms. The number of benzene rings is 2. The summed E-state index contributed by atoms with van der Waals surface area (Å²) < 4.78 is 42.6. The third-order valence-corrected chi connectivity index (χ3v) is 9.81. The molecule has 0 amide bonds. The molecule has 6 rings (SSSR count). The maximum atomic E-state index is 15.1. The Labute approximate surface area is 249 Å². The second kappa shape index (κ2) is 12.2. The fourth-order valence-electron chi connectivity index (χ4n) is 5.45. The molecule has 4 aromatic rings. The van der Waals surface area contributed by atoms with Gasteiger partial charge in [0.15, 0.2) is 11.5 Å². The van der Waals surface area contributed by atoms with Gasteiger partial charge in [0, 0.05) is 42.2 Å². The van der Waals surface area contributed by atoms with Crippen LogP contribution in [0.3, 0.4) is 0 Å². The number of hydrogen-bond acceptors (Lipinski definition) is 7. The topological polar surface area (TPSA) is 112 Å². The fraction of sp³-hybridized carbons (Fsp3) is 0.367. The SMILES string of the molecule is CO[S+](N)c1ccc(Cc2c(-c3ccc(F)c(C4CCOCC4)c3)nn(-c3nc(C(=O)O)cs3)c2CC2CC2)cc1F. The Morgan fingerprint density at radius 1 is 1.17 bits per heavy atom. The Morgan fingerprint density at radius 3 is 2.62 bits per heavy atom. The van der Waals surface area contributed by atoms with E-state index in [1.54, 1.807) is 16.8 Å². The van der Waals surface area contributed by atoms with Gasteiger partial charge in [0.25, 0.3) is 11.4 Å². The summed E-state index contributed by atoms with van der Waals surface area (Å²) in [4.78, 5) is 16.3. The van der Waals surface area contributed by atoms with Gasteiger partial charge in [-0.15, -0.1) is 16.5 Å². The van der Waals surface area contributed by atoms with Gasteiger partial charge >= 0.3 is 5.97 Å². The number of aromatic nitrogens is 3. The van der Waals surface area contributed by atoms with Crippen molar-refractivity contribution in [2.45, 2.75) is 49.3 Å². The van der Waals surface area contributed by atoms with Crippen LogP contribution in [0.25, 0.3) is 16.4 Å². The number of carbonyl (C=O) groups is 1. The molecule has 1 atom stereocenters. The van der Waals surface area contributed by atoms with Gasteiger partial charge in [-0.05, 0) is 79.3 Å². The van der Waals surface area contributed by atoms with Crippen LogP contribution in [0.5, 0.6) is 0 Å². The summed E-state index contributed by atoms with van der Waals surface area (Å²) in [6, 6.07) is 10.0. The summed E-state index contributed by atoms with van der Waals surface area (Å²) in [5.74, 6) is -1.31. The van der Waals surface area contributed by atoms with Gasteiger partial charge in [0.05, 0.1) is 18.5 Å². The van der Waals surface area contributed by atoms with E-state index in [1.165, 1.54) is 36.0 Å². The number of halogens is 2. The highest BCUT2D eigenvalue weighted by Gasteiger charge is 2.31. The maximum absolute atomic E-state index is 15.1. The van der Waals surface area contributed by atoms with Crippen LogP contribution < -0.4 is 5.14 Å². The van der Waals surface area contributed by atoms with E-state index in [4.69, 9.17) is 19.2 Å². The summed E-state index contributed by atoms with van der Waals surface area (Å²) in [5.41, 5.74) is 4.47. The molecule has 2 aliphatic rings. The quantitative estimate of drug-likeness (QED) is 0.217. The fourth-order valence-corrected chi connectivity index (χ4v) is 6.86. The number of carboxylic acids is 1. The molecule has 8 nitrogen and oxygen atoms in total. The predicted octanol–water partition coefficient (Wildman–Crippen LogP) is 5.82. The molecule has 0 radical (unpaired) electrons. The van der Waals surface area contributed by atoms with Crippen LogP contribution in [0.1, 0.15) is 64.5 Å². The maximum Gasteiger partial charge on any atom is 0.355 e. The Kier molecular flexibility index (Phi) is 8.42. The summed E-state index contributed by atoms with van der Waals surface area (Å²) >= 11 is 0.0369. The smallest absolute Gasteiger partial charge is 0.355 e. The molecule has 3 N–H and O–H groups in total. The van der Waals surface area contributed by atoms with Crippen molar-refractivity contribution in [3.05, 3.63) is 81.5 Å². The van der Waals surface area contributed by atoms with Crippen molar-refractivity contribution in [2.24, 2.45) is 11.1 Å². The number of rotatable bonds is 10. The van der Waals surface area contributed by atoms with Gasteiger partial charge in [-0.25, -0.2) is 23.2 Å². The van der Waals surface area contributed by atoms with Crippen molar-refractivity contribution < 1.29 is 27.6 Å². The van der Waals surface area contributed by atoms with Crippen molar-refractivity contribution in [3.63, 3.8) is 0 Å². The lowest BCUT2D eigenvalue weighted by molar-refractivity contribution is 0.0691. The molecular formula is C30H31F2N4O4S2+. The Hall–Kier alpha value is -3.16. The van der Waals surface area contributed by atoms with Crippen molar-refractivity contribution in [2.75, 3.05) is 20.3 Å². The van der Waals surface area contributed by atoms with Crippen molar-refractivity contribution in [3.8, 4) is 16.4 Å². The Morgan fingerprint density at radius 2 is 1.95 bits per heavy atom. The lowest BCUT2D eigenvalue weighted by Crippen LogP contribution is -2.17. The number of thiazole rings is 1. The summed E-state index contributed by atoms with van der Waals surface area (Å²) in [7, 11) is 1.44. The standard InChI is InChI=1S/C30H30F2N4O4S2/c1-39-42(33)27-7-4-18(13-24(27)32)12-22-26(14-17-2-3-17)36(30-34-25(16-41-30)29(37)38)35-28(22)20-5-6-23(31)21(15-20)19-8-10-40-11-9-19/h4-7,13,15-17,19H,2-3,8-12,14,33H2,1H3/p+1. The largest absolute Gasteiger partial charge is 0.476 e. The first-order valence-electron chi connectivity index (χ1n) is 13.8. The van der Waals surface area contributed by atoms with E-state index in [0.717, 1.165) is 54.5 Å². The molecule has 1 saturated carbocycles. The van der Waals surface area contributed by atoms with E-state index in [-0.39, 0.29) is 17.4 Å². The van der Waals surface area contributed by atoms with E-state index in [9.17, 15) is 9.90 Å². The lowest BCUT2D eigenvalue weighted by Gasteiger charge is -2.23. The van der Waals surface area contributed by atoms with Crippen LogP contribution in [0.4, 0.5) is 8.78 Å². The molecule has 3 heterocycles. The highest BCUT2D eigenvalue weighted by Crippen LogP contribution is 2.39. The summed E-state index contributed by atoms with van der Waals surface area (Å²) in [6.45, 7) is 1.18. The van der Waals surface area contributed by atoms with Crippen molar-refractivity contribution >= 4 is 28.7 Å². The third kappa shape index (κ3) is 6.00.